The molecule has 0 fully saturated rings. The lowest BCUT2D eigenvalue weighted by atomic mass is 10.2. The zero-order chi connectivity index (χ0) is 23.3. The highest BCUT2D eigenvalue weighted by atomic mass is 35.5. The molecule has 3 aromatic carbocycles. The highest BCUT2D eigenvalue weighted by molar-refractivity contribution is 7.92. The van der Waals surface area contributed by atoms with E-state index in [9.17, 15) is 18.0 Å². The van der Waals surface area contributed by atoms with Crippen LogP contribution >= 0.6 is 11.6 Å². The summed E-state index contributed by atoms with van der Waals surface area (Å²) in [6, 6.07) is 18.4. The molecule has 3 N–H and O–H groups in total. The topological polar surface area (TPSA) is 108 Å². The molecule has 0 heterocycles. The van der Waals surface area contributed by atoms with Crippen molar-refractivity contribution in [3.63, 3.8) is 0 Å². The van der Waals surface area contributed by atoms with Gasteiger partial charge in [-0.2, -0.15) is 0 Å². The Balaban J connectivity index is 1.77. The number of anilines is 3. The van der Waals surface area contributed by atoms with Gasteiger partial charge in [-0.25, -0.2) is 13.2 Å². The van der Waals surface area contributed by atoms with Crippen molar-refractivity contribution in [3.8, 4) is 0 Å². The molecule has 32 heavy (non-hydrogen) atoms. The van der Waals surface area contributed by atoms with Crippen LogP contribution in [-0.4, -0.2) is 34.5 Å². The van der Waals surface area contributed by atoms with Crippen LogP contribution in [0.15, 0.2) is 77.7 Å². The van der Waals surface area contributed by atoms with E-state index in [1.807, 2.05) is 0 Å². The van der Waals surface area contributed by atoms with Gasteiger partial charge in [0.1, 0.15) is 0 Å². The van der Waals surface area contributed by atoms with E-state index in [-0.39, 0.29) is 16.5 Å². The van der Waals surface area contributed by atoms with Gasteiger partial charge in [0.15, 0.2) is 0 Å². The minimum Gasteiger partial charge on any atom is -0.341 e. The lowest BCUT2D eigenvalue weighted by Crippen LogP contribution is -2.26. The molecule has 0 saturated carbocycles. The highest BCUT2D eigenvalue weighted by Crippen LogP contribution is 2.25. The van der Waals surface area contributed by atoms with E-state index in [1.165, 1.54) is 38.4 Å². The minimum atomic E-state index is -3.91. The van der Waals surface area contributed by atoms with E-state index in [0.717, 1.165) is 4.31 Å². The van der Waals surface area contributed by atoms with Crippen LogP contribution < -0.4 is 20.3 Å². The number of nitrogens with zero attached hydrogens (tertiary/aromatic N) is 1. The Hall–Kier alpha value is -3.56. The van der Waals surface area contributed by atoms with Crippen LogP contribution in [0.5, 0.6) is 0 Å². The van der Waals surface area contributed by atoms with Gasteiger partial charge in [-0.05, 0) is 60.7 Å². The summed E-state index contributed by atoms with van der Waals surface area (Å²) in [5.74, 6) is -0.473. The largest absolute Gasteiger partial charge is 0.341 e. The maximum absolute atomic E-state index is 13.0. The Morgan fingerprint density at radius 2 is 1.50 bits per heavy atom. The van der Waals surface area contributed by atoms with Gasteiger partial charge in [0.25, 0.3) is 15.9 Å². The average molecular weight is 473 g/mol. The maximum Gasteiger partial charge on any atom is 0.318 e. The van der Waals surface area contributed by atoms with E-state index in [1.54, 1.807) is 48.5 Å². The maximum atomic E-state index is 13.0. The summed E-state index contributed by atoms with van der Waals surface area (Å²) in [4.78, 5) is 24.0. The number of hydrogen-bond donors (Lipinski definition) is 3. The first-order valence-corrected chi connectivity index (χ1v) is 11.3. The number of hydrogen-bond acceptors (Lipinski definition) is 4. The zero-order valence-corrected chi connectivity index (χ0v) is 18.9. The van der Waals surface area contributed by atoms with Crippen LogP contribution in [0, 0.1) is 0 Å². The van der Waals surface area contributed by atoms with E-state index < -0.39 is 15.9 Å². The normalized spacial score (nSPS) is 10.8. The smallest absolute Gasteiger partial charge is 0.318 e. The van der Waals surface area contributed by atoms with Gasteiger partial charge in [-0.15, -0.1) is 0 Å². The third-order valence-electron chi connectivity index (χ3n) is 4.55. The summed E-state index contributed by atoms with van der Waals surface area (Å²) < 4.78 is 27.2. The van der Waals surface area contributed by atoms with Gasteiger partial charge in [0.05, 0.1) is 10.6 Å². The van der Waals surface area contributed by atoms with E-state index in [2.05, 4.69) is 16.0 Å². The fourth-order valence-electron chi connectivity index (χ4n) is 2.80. The molecule has 8 nitrogen and oxygen atoms in total. The number of halogens is 1. The molecular formula is C22H21ClN4O4S. The van der Waals surface area contributed by atoms with Gasteiger partial charge in [-0.1, -0.05) is 23.7 Å². The monoisotopic (exact) mass is 472 g/mol. The fraction of sp³-hybridized carbons (Fsp3) is 0.0909. The lowest BCUT2D eigenvalue weighted by Gasteiger charge is -2.20. The van der Waals surface area contributed by atoms with Crippen molar-refractivity contribution in [3.05, 3.63) is 83.4 Å². The molecule has 0 aromatic heterocycles. The Morgan fingerprint density at radius 1 is 0.875 bits per heavy atom. The van der Waals surface area contributed by atoms with Crippen LogP contribution in [0.3, 0.4) is 0 Å². The molecule has 0 radical (unpaired) electrons. The second-order valence-corrected chi connectivity index (χ2v) is 9.12. The molecule has 0 aliphatic heterocycles. The predicted molar refractivity (Wildman–Crippen MR) is 126 cm³/mol. The van der Waals surface area contributed by atoms with Crippen LogP contribution in [0.25, 0.3) is 0 Å². The number of urea groups is 1. The summed E-state index contributed by atoms with van der Waals surface area (Å²) in [5.41, 5.74) is 1.62. The first-order chi connectivity index (χ1) is 15.2. The number of amides is 3. The second-order valence-electron chi connectivity index (χ2n) is 6.72. The molecule has 3 rings (SSSR count). The Kier molecular flexibility index (Phi) is 7.01. The van der Waals surface area contributed by atoms with Crippen LogP contribution in [-0.2, 0) is 10.0 Å². The number of benzene rings is 3. The Morgan fingerprint density at radius 3 is 2.12 bits per heavy atom. The van der Waals surface area contributed by atoms with Gasteiger partial charge >= 0.3 is 6.03 Å². The van der Waals surface area contributed by atoms with E-state index >= 15 is 0 Å². The quantitative estimate of drug-likeness (QED) is 0.500. The number of carbonyl (C=O) groups is 2. The van der Waals surface area contributed by atoms with Crippen LogP contribution in [0.1, 0.15) is 10.4 Å². The van der Waals surface area contributed by atoms with Crippen molar-refractivity contribution in [1.29, 1.82) is 0 Å². The van der Waals surface area contributed by atoms with Crippen molar-refractivity contribution in [2.45, 2.75) is 4.90 Å². The number of nitrogens with one attached hydrogen (secondary N) is 3. The molecule has 0 unspecified atom stereocenters. The van der Waals surface area contributed by atoms with Gasteiger partial charge in [0.2, 0.25) is 0 Å². The van der Waals surface area contributed by atoms with Gasteiger partial charge < -0.3 is 16.0 Å². The Bertz CT molecular complexity index is 1250. The molecule has 0 saturated heterocycles. The number of sulfonamides is 1. The van der Waals surface area contributed by atoms with E-state index in [4.69, 9.17) is 11.6 Å². The van der Waals surface area contributed by atoms with Crippen molar-refractivity contribution >= 4 is 50.6 Å². The summed E-state index contributed by atoms with van der Waals surface area (Å²) in [6.07, 6.45) is 0. The second kappa shape index (κ2) is 9.71. The van der Waals surface area contributed by atoms with Crippen molar-refractivity contribution in [1.82, 2.24) is 5.32 Å². The third-order valence-corrected chi connectivity index (χ3v) is 6.57. The first-order valence-electron chi connectivity index (χ1n) is 9.45. The number of rotatable bonds is 6. The van der Waals surface area contributed by atoms with E-state index in [0.29, 0.717) is 22.1 Å². The molecule has 0 aliphatic rings. The minimum absolute atomic E-state index is 0.0299. The summed E-state index contributed by atoms with van der Waals surface area (Å²) >= 11 is 5.97. The summed E-state index contributed by atoms with van der Waals surface area (Å²) in [7, 11) is -0.985. The SMILES string of the molecule is CNC(=O)Nc1ccc(NC(=O)c2cccc(S(=O)(=O)N(C)c3cccc(Cl)c3)c2)cc1. The third kappa shape index (κ3) is 5.37. The molecular weight excluding hydrogens is 452 g/mol. The Labute approximate surface area is 191 Å². The van der Waals surface area contributed by atoms with Crippen molar-refractivity contribution in [2.75, 3.05) is 29.0 Å². The lowest BCUT2D eigenvalue weighted by molar-refractivity contribution is 0.102. The molecule has 0 aliphatic carbocycles. The molecule has 10 heteroatoms. The average Bonchev–Trinajstić information content (AvgIpc) is 2.79. The van der Waals surface area contributed by atoms with Crippen molar-refractivity contribution in [2.24, 2.45) is 0 Å². The van der Waals surface area contributed by atoms with Crippen LogP contribution in [0.4, 0.5) is 21.9 Å². The summed E-state index contributed by atoms with van der Waals surface area (Å²) in [6.45, 7) is 0. The van der Waals surface area contributed by atoms with Crippen LogP contribution in [0.2, 0.25) is 5.02 Å². The fourth-order valence-corrected chi connectivity index (χ4v) is 4.22. The van der Waals surface area contributed by atoms with Crippen molar-refractivity contribution < 1.29 is 18.0 Å². The molecule has 0 spiro atoms. The number of carbonyl (C=O) groups excluding carboxylic acids is 2. The molecule has 3 amide bonds. The molecule has 166 valence electrons. The summed E-state index contributed by atoms with van der Waals surface area (Å²) in [5, 5.41) is 8.17. The predicted octanol–water partition coefficient (Wildman–Crippen LogP) is 4.17. The molecule has 3 aromatic rings. The van der Waals surface area contributed by atoms with Gasteiger partial charge in [-0.3, -0.25) is 9.10 Å². The standard InChI is InChI=1S/C22H21ClN4O4S/c1-24-22(29)26-18-11-9-17(10-12-18)25-21(28)15-5-3-8-20(13-15)32(30,31)27(2)19-7-4-6-16(23)14-19/h3-14H,1-2H3,(H,25,28)(H2,24,26,29). The van der Waals surface area contributed by atoms with Gasteiger partial charge in [0, 0.05) is 36.1 Å². The molecule has 0 atom stereocenters. The first kappa shape index (κ1) is 23.1. The molecule has 0 bridgehead atoms. The highest BCUT2D eigenvalue weighted by Gasteiger charge is 2.22. The zero-order valence-electron chi connectivity index (χ0n) is 17.3.